The van der Waals surface area contributed by atoms with E-state index in [0.29, 0.717) is 5.92 Å². The minimum Gasteiger partial charge on any atom is -0.256 e. The Balaban J connectivity index is 2.63. The average molecular weight is 199 g/mol. The third-order valence-electron chi connectivity index (χ3n) is 2.71. The van der Waals surface area contributed by atoms with Crippen LogP contribution in [0.4, 0.5) is 0 Å². The van der Waals surface area contributed by atoms with Gasteiger partial charge >= 0.3 is 0 Å². The molecular formula is C14H17N. The standard InChI is InChI=1S/C14H17N/c1-10(2)8-13-11(3)9-15-14-7-5-4-6-12(13)14/h4-7,9-10H,8H2,1-3H3. The highest BCUT2D eigenvalue weighted by Crippen LogP contribution is 2.22. The summed E-state index contributed by atoms with van der Waals surface area (Å²) in [5.74, 6) is 0.689. The zero-order chi connectivity index (χ0) is 10.8. The molecule has 78 valence electrons. The number of rotatable bonds is 2. The third kappa shape index (κ3) is 2.01. The lowest BCUT2D eigenvalue weighted by molar-refractivity contribution is 0.647. The van der Waals surface area contributed by atoms with Crippen molar-refractivity contribution in [3.63, 3.8) is 0 Å². The Hall–Kier alpha value is -1.37. The van der Waals surface area contributed by atoms with Crippen molar-refractivity contribution in [3.05, 3.63) is 41.6 Å². The topological polar surface area (TPSA) is 12.9 Å². The normalized spacial score (nSPS) is 11.2. The molecule has 0 spiro atoms. The molecule has 0 aliphatic rings. The van der Waals surface area contributed by atoms with Crippen LogP contribution in [0.3, 0.4) is 0 Å². The van der Waals surface area contributed by atoms with Crippen LogP contribution in [0.5, 0.6) is 0 Å². The van der Waals surface area contributed by atoms with Crippen LogP contribution in [0.1, 0.15) is 25.0 Å². The Bertz CT molecular complexity index is 472. The van der Waals surface area contributed by atoms with Gasteiger partial charge in [-0.3, -0.25) is 4.98 Å². The van der Waals surface area contributed by atoms with Crippen LogP contribution >= 0.6 is 0 Å². The first-order valence-corrected chi connectivity index (χ1v) is 5.51. The van der Waals surface area contributed by atoms with Gasteiger partial charge in [0.2, 0.25) is 0 Å². The molecule has 0 saturated carbocycles. The lowest BCUT2D eigenvalue weighted by Gasteiger charge is -2.11. The fraction of sp³-hybridized carbons (Fsp3) is 0.357. The largest absolute Gasteiger partial charge is 0.256 e. The number of hydrogen-bond donors (Lipinski definition) is 0. The molecule has 0 aliphatic carbocycles. The summed E-state index contributed by atoms with van der Waals surface area (Å²) in [5, 5.41) is 1.31. The fourth-order valence-corrected chi connectivity index (χ4v) is 1.98. The molecular weight excluding hydrogens is 182 g/mol. The molecule has 2 aromatic rings. The van der Waals surface area contributed by atoms with Gasteiger partial charge < -0.3 is 0 Å². The Labute approximate surface area is 91.2 Å². The zero-order valence-electron chi connectivity index (χ0n) is 9.62. The first kappa shape index (κ1) is 10.2. The number of hydrogen-bond acceptors (Lipinski definition) is 1. The second-order valence-corrected chi connectivity index (χ2v) is 4.53. The van der Waals surface area contributed by atoms with Gasteiger partial charge in [-0.25, -0.2) is 0 Å². The average Bonchev–Trinajstić information content (AvgIpc) is 2.22. The molecule has 0 bridgehead atoms. The summed E-state index contributed by atoms with van der Waals surface area (Å²) >= 11 is 0. The molecule has 0 aliphatic heterocycles. The van der Waals surface area contributed by atoms with Gasteiger partial charge in [0, 0.05) is 11.6 Å². The van der Waals surface area contributed by atoms with Crippen molar-refractivity contribution in [1.82, 2.24) is 4.98 Å². The van der Waals surface area contributed by atoms with E-state index in [1.807, 2.05) is 12.3 Å². The number of aryl methyl sites for hydroxylation is 1. The molecule has 0 radical (unpaired) electrons. The van der Waals surface area contributed by atoms with Crippen molar-refractivity contribution in [2.24, 2.45) is 5.92 Å². The third-order valence-corrected chi connectivity index (χ3v) is 2.71. The van der Waals surface area contributed by atoms with E-state index in [4.69, 9.17) is 0 Å². The molecule has 2 rings (SSSR count). The molecule has 15 heavy (non-hydrogen) atoms. The SMILES string of the molecule is Cc1cnc2ccccc2c1CC(C)C. The van der Waals surface area contributed by atoms with Crippen LogP contribution in [-0.2, 0) is 6.42 Å². The van der Waals surface area contributed by atoms with Crippen molar-refractivity contribution in [3.8, 4) is 0 Å². The van der Waals surface area contributed by atoms with Gasteiger partial charge in [-0.2, -0.15) is 0 Å². The summed E-state index contributed by atoms with van der Waals surface area (Å²) in [6.45, 7) is 6.67. The lowest BCUT2D eigenvalue weighted by atomic mass is 9.96. The number of benzene rings is 1. The van der Waals surface area contributed by atoms with E-state index in [1.54, 1.807) is 0 Å². The van der Waals surface area contributed by atoms with E-state index >= 15 is 0 Å². The van der Waals surface area contributed by atoms with Gasteiger partial charge in [0.15, 0.2) is 0 Å². The van der Waals surface area contributed by atoms with Gasteiger partial charge in [0.25, 0.3) is 0 Å². The van der Waals surface area contributed by atoms with E-state index < -0.39 is 0 Å². The first-order valence-electron chi connectivity index (χ1n) is 5.51. The molecule has 1 aromatic heterocycles. The number of aromatic nitrogens is 1. The molecule has 0 atom stereocenters. The molecule has 1 heterocycles. The first-order chi connectivity index (χ1) is 7.18. The maximum atomic E-state index is 4.45. The molecule has 1 aromatic carbocycles. The second-order valence-electron chi connectivity index (χ2n) is 4.53. The van der Waals surface area contributed by atoms with E-state index in [9.17, 15) is 0 Å². The molecule has 0 saturated heterocycles. The van der Waals surface area contributed by atoms with Crippen LogP contribution in [0.25, 0.3) is 10.9 Å². The van der Waals surface area contributed by atoms with Crippen LogP contribution in [-0.4, -0.2) is 4.98 Å². The monoisotopic (exact) mass is 199 g/mol. The summed E-state index contributed by atoms with van der Waals surface area (Å²) in [6, 6.07) is 8.39. The van der Waals surface area contributed by atoms with Crippen LogP contribution in [0.15, 0.2) is 30.5 Å². The van der Waals surface area contributed by atoms with Gasteiger partial charge in [0.1, 0.15) is 0 Å². The second kappa shape index (κ2) is 4.01. The minimum atomic E-state index is 0.689. The van der Waals surface area contributed by atoms with Crippen molar-refractivity contribution < 1.29 is 0 Å². The van der Waals surface area contributed by atoms with Gasteiger partial charge in [0.05, 0.1) is 5.52 Å². The fourth-order valence-electron chi connectivity index (χ4n) is 1.98. The van der Waals surface area contributed by atoms with Crippen molar-refractivity contribution in [1.29, 1.82) is 0 Å². The highest BCUT2D eigenvalue weighted by Gasteiger charge is 2.06. The molecule has 0 unspecified atom stereocenters. The molecule has 0 N–H and O–H groups in total. The molecule has 0 fully saturated rings. The summed E-state index contributed by atoms with van der Waals surface area (Å²) in [5.41, 5.74) is 3.87. The highest BCUT2D eigenvalue weighted by molar-refractivity contribution is 5.82. The maximum Gasteiger partial charge on any atom is 0.0704 e. The Morgan fingerprint density at radius 3 is 2.67 bits per heavy atom. The van der Waals surface area contributed by atoms with E-state index in [0.717, 1.165) is 11.9 Å². The summed E-state index contributed by atoms with van der Waals surface area (Å²) in [7, 11) is 0. The molecule has 1 heteroatoms. The zero-order valence-corrected chi connectivity index (χ0v) is 9.62. The quantitative estimate of drug-likeness (QED) is 0.718. The summed E-state index contributed by atoms with van der Waals surface area (Å²) in [6.07, 6.45) is 3.12. The van der Waals surface area contributed by atoms with Gasteiger partial charge in [-0.05, 0) is 36.5 Å². The van der Waals surface area contributed by atoms with Crippen molar-refractivity contribution >= 4 is 10.9 Å². The minimum absolute atomic E-state index is 0.689. The number of nitrogens with zero attached hydrogens (tertiary/aromatic N) is 1. The Kier molecular flexibility index (Phi) is 2.72. The van der Waals surface area contributed by atoms with E-state index in [1.165, 1.54) is 16.5 Å². The Morgan fingerprint density at radius 1 is 1.20 bits per heavy atom. The Morgan fingerprint density at radius 2 is 1.93 bits per heavy atom. The maximum absolute atomic E-state index is 4.45. The van der Waals surface area contributed by atoms with Gasteiger partial charge in [-0.1, -0.05) is 32.0 Å². The van der Waals surface area contributed by atoms with Gasteiger partial charge in [-0.15, -0.1) is 0 Å². The van der Waals surface area contributed by atoms with Crippen molar-refractivity contribution in [2.45, 2.75) is 27.2 Å². The van der Waals surface area contributed by atoms with Crippen LogP contribution < -0.4 is 0 Å². The smallest absolute Gasteiger partial charge is 0.0704 e. The van der Waals surface area contributed by atoms with Crippen LogP contribution in [0.2, 0.25) is 0 Å². The molecule has 0 amide bonds. The molecule has 1 nitrogen and oxygen atoms in total. The number of fused-ring (bicyclic) bond motifs is 1. The highest BCUT2D eigenvalue weighted by atomic mass is 14.6. The summed E-state index contributed by atoms with van der Waals surface area (Å²) in [4.78, 5) is 4.45. The van der Waals surface area contributed by atoms with Crippen molar-refractivity contribution in [2.75, 3.05) is 0 Å². The predicted molar refractivity (Wildman–Crippen MR) is 65.0 cm³/mol. The lowest BCUT2D eigenvalue weighted by Crippen LogP contribution is -1.99. The van der Waals surface area contributed by atoms with E-state index in [2.05, 4.69) is 44.0 Å². The predicted octanol–water partition coefficient (Wildman–Crippen LogP) is 3.74. The van der Waals surface area contributed by atoms with Crippen LogP contribution in [0, 0.1) is 12.8 Å². The van der Waals surface area contributed by atoms with E-state index in [-0.39, 0.29) is 0 Å². The number of para-hydroxylation sites is 1. The summed E-state index contributed by atoms with van der Waals surface area (Å²) < 4.78 is 0. The number of pyridine rings is 1.